The van der Waals surface area contributed by atoms with Crippen molar-refractivity contribution in [2.45, 2.75) is 25.7 Å². The first-order valence-corrected chi connectivity index (χ1v) is 5.89. The molecule has 0 aromatic heterocycles. The van der Waals surface area contributed by atoms with E-state index < -0.39 is 0 Å². The standard InChI is InChI=1S/C12H13I/c13-12-9-5-4-8-11(12)10-6-2-1-3-7-10/h1-3,6-7H,4-5,8-9H2. The van der Waals surface area contributed by atoms with Crippen molar-refractivity contribution >= 4 is 28.2 Å². The number of benzene rings is 1. The van der Waals surface area contributed by atoms with Gasteiger partial charge in [0, 0.05) is 0 Å². The third-order valence-corrected chi connectivity index (χ3v) is 3.71. The highest BCUT2D eigenvalue weighted by Gasteiger charge is 2.11. The summed E-state index contributed by atoms with van der Waals surface area (Å²) in [5.74, 6) is 0. The van der Waals surface area contributed by atoms with Gasteiger partial charge >= 0.3 is 0 Å². The molecule has 13 heavy (non-hydrogen) atoms. The van der Waals surface area contributed by atoms with E-state index in [1.165, 1.54) is 31.2 Å². The van der Waals surface area contributed by atoms with Crippen LogP contribution in [0.25, 0.3) is 5.57 Å². The normalized spacial score (nSPS) is 17.6. The van der Waals surface area contributed by atoms with Crippen LogP contribution in [-0.4, -0.2) is 0 Å². The van der Waals surface area contributed by atoms with Gasteiger partial charge in [-0.15, -0.1) is 0 Å². The Kier molecular flexibility index (Phi) is 3.04. The highest BCUT2D eigenvalue weighted by atomic mass is 127. The largest absolute Gasteiger partial charge is 0.0622 e. The summed E-state index contributed by atoms with van der Waals surface area (Å²) in [5.41, 5.74) is 3.00. The molecule has 0 amide bonds. The second-order valence-corrected chi connectivity index (χ2v) is 4.76. The zero-order valence-corrected chi connectivity index (χ0v) is 9.75. The number of hydrogen-bond donors (Lipinski definition) is 0. The van der Waals surface area contributed by atoms with Crippen LogP contribution in [0.4, 0.5) is 0 Å². The van der Waals surface area contributed by atoms with Crippen molar-refractivity contribution in [2.24, 2.45) is 0 Å². The van der Waals surface area contributed by atoms with Crippen LogP contribution in [0.3, 0.4) is 0 Å². The van der Waals surface area contributed by atoms with E-state index in [-0.39, 0.29) is 0 Å². The molecule has 0 saturated carbocycles. The highest BCUT2D eigenvalue weighted by molar-refractivity contribution is 14.1. The molecule has 0 spiro atoms. The summed E-state index contributed by atoms with van der Waals surface area (Å²) in [4.78, 5) is 0. The van der Waals surface area contributed by atoms with Crippen molar-refractivity contribution in [3.63, 3.8) is 0 Å². The quantitative estimate of drug-likeness (QED) is 0.670. The molecule has 0 saturated heterocycles. The van der Waals surface area contributed by atoms with E-state index in [0.717, 1.165) is 0 Å². The SMILES string of the molecule is IC1=C(c2ccccc2)CCCC1. The Morgan fingerprint density at radius 1 is 0.923 bits per heavy atom. The fourth-order valence-corrected chi connectivity index (χ4v) is 2.77. The lowest BCUT2D eigenvalue weighted by Crippen LogP contribution is -1.94. The minimum absolute atomic E-state index is 1.27. The van der Waals surface area contributed by atoms with E-state index in [0.29, 0.717) is 0 Å². The van der Waals surface area contributed by atoms with Gasteiger partial charge in [0.1, 0.15) is 0 Å². The molecule has 0 aliphatic heterocycles. The molecule has 68 valence electrons. The predicted octanol–water partition coefficient (Wildman–Crippen LogP) is 4.41. The maximum Gasteiger partial charge on any atom is -0.00561 e. The van der Waals surface area contributed by atoms with Crippen molar-refractivity contribution < 1.29 is 0 Å². The minimum Gasteiger partial charge on any atom is -0.0622 e. The van der Waals surface area contributed by atoms with Gasteiger partial charge in [0.25, 0.3) is 0 Å². The van der Waals surface area contributed by atoms with Gasteiger partial charge < -0.3 is 0 Å². The fourth-order valence-electron chi connectivity index (χ4n) is 1.81. The summed E-state index contributed by atoms with van der Waals surface area (Å²) in [7, 11) is 0. The molecule has 0 bridgehead atoms. The third kappa shape index (κ3) is 2.13. The molecule has 1 aliphatic carbocycles. The summed E-state index contributed by atoms with van der Waals surface area (Å²) < 4.78 is 1.56. The van der Waals surface area contributed by atoms with Gasteiger partial charge in [-0.2, -0.15) is 0 Å². The summed E-state index contributed by atoms with van der Waals surface area (Å²) in [6.07, 6.45) is 5.28. The topological polar surface area (TPSA) is 0 Å². The second-order valence-electron chi connectivity index (χ2n) is 3.46. The van der Waals surface area contributed by atoms with Crippen LogP contribution in [0.2, 0.25) is 0 Å². The Balaban J connectivity index is 2.35. The van der Waals surface area contributed by atoms with E-state index in [2.05, 4.69) is 52.9 Å². The average Bonchev–Trinajstić information content (AvgIpc) is 2.20. The van der Waals surface area contributed by atoms with E-state index in [1.54, 1.807) is 9.15 Å². The first-order valence-electron chi connectivity index (χ1n) is 4.81. The van der Waals surface area contributed by atoms with Crippen LogP contribution in [-0.2, 0) is 0 Å². The lowest BCUT2D eigenvalue weighted by Gasteiger charge is -2.16. The Morgan fingerprint density at radius 2 is 1.62 bits per heavy atom. The maximum absolute atomic E-state index is 2.50. The molecule has 1 aliphatic rings. The Morgan fingerprint density at radius 3 is 2.31 bits per heavy atom. The summed E-state index contributed by atoms with van der Waals surface area (Å²) in [6.45, 7) is 0. The van der Waals surface area contributed by atoms with Gasteiger partial charge in [-0.3, -0.25) is 0 Å². The van der Waals surface area contributed by atoms with Gasteiger partial charge in [-0.05, 0) is 63.0 Å². The van der Waals surface area contributed by atoms with Gasteiger partial charge in [-0.1, -0.05) is 30.3 Å². The first kappa shape index (κ1) is 9.25. The van der Waals surface area contributed by atoms with E-state index >= 15 is 0 Å². The fraction of sp³-hybridized carbons (Fsp3) is 0.333. The molecule has 0 N–H and O–H groups in total. The van der Waals surface area contributed by atoms with Crippen LogP contribution in [0.15, 0.2) is 33.9 Å². The number of rotatable bonds is 1. The highest BCUT2D eigenvalue weighted by Crippen LogP contribution is 2.35. The summed E-state index contributed by atoms with van der Waals surface area (Å²) in [5, 5.41) is 0. The van der Waals surface area contributed by atoms with Crippen molar-refractivity contribution in [1.29, 1.82) is 0 Å². The first-order chi connectivity index (χ1) is 6.38. The molecular weight excluding hydrogens is 271 g/mol. The monoisotopic (exact) mass is 284 g/mol. The summed E-state index contributed by atoms with van der Waals surface area (Å²) >= 11 is 2.50. The molecule has 0 fully saturated rings. The van der Waals surface area contributed by atoms with E-state index in [9.17, 15) is 0 Å². The molecule has 1 aromatic rings. The van der Waals surface area contributed by atoms with Gasteiger partial charge in [0.2, 0.25) is 0 Å². The molecule has 0 radical (unpaired) electrons. The molecule has 0 nitrogen and oxygen atoms in total. The molecule has 0 atom stereocenters. The van der Waals surface area contributed by atoms with Gasteiger partial charge in [0.15, 0.2) is 0 Å². The Bertz CT molecular complexity index is 311. The third-order valence-electron chi connectivity index (χ3n) is 2.52. The summed E-state index contributed by atoms with van der Waals surface area (Å²) in [6, 6.07) is 10.8. The zero-order valence-electron chi connectivity index (χ0n) is 7.59. The Labute approximate surface area is 93.2 Å². The van der Waals surface area contributed by atoms with Crippen molar-refractivity contribution in [1.82, 2.24) is 0 Å². The molecule has 1 aromatic carbocycles. The molecular formula is C12H13I. The second kappa shape index (κ2) is 4.27. The smallest absolute Gasteiger partial charge is 0.00561 e. The van der Waals surface area contributed by atoms with Crippen LogP contribution >= 0.6 is 22.6 Å². The van der Waals surface area contributed by atoms with Crippen LogP contribution in [0, 0.1) is 0 Å². The lowest BCUT2D eigenvalue weighted by molar-refractivity contribution is 0.739. The van der Waals surface area contributed by atoms with Crippen LogP contribution in [0.1, 0.15) is 31.2 Å². The Hall–Kier alpha value is -0.310. The molecule has 0 unspecified atom stereocenters. The molecule has 2 rings (SSSR count). The van der Waals surface area contributed by atoms with Gasteiger partial charge in [-0.25, -0.2) is 0 Å². The number of allylic oxidation sites excluding steroid dienone is 2. The molecule has 1 heteroatoms. The van der Waals surface area contributed by atoms with Gasteiger partial charge in [0.05, 0.1) is 0 Å². The van der Waals surface area contributed by atoms with Crippen molar-refractivity contribution in [3.8, 4) is 0 Å². The maximum atomic E-state index is 2.50. The van der Waals surface area contributed by atoms with E-state index in [1.807, 2.05) is 0 Å². The minimum atomic E-state index is 1.27. The lowest BCUT2D eigenvalue weighted by atomic mass is 9.94. The average molecular weight is 284 g/mol. The van der Waals surface area contributed by atoms with Crippen molar-refractivity contribution in [3.05, 3.63) is 39.5 Å². The number of halogens is 1. The van der Waals surface area contributed by atoms with Crippen molar-refractivity contribution in [2.75, 3.05) is 0 Å². The van der Waals surface area contributed by atoms with Crippen LogP contribution in [0.5, 0.6) is 0 Å². The molecule has 0 heterocycles. The number of hydrogen-bond acceptors (Lipinski definition) is 0. The van der Waals surface area contributed by atoms with Crippen LogP contribution < -0.4 is 0 Å². The predicted molar refractivity (Wildman–Crippen MR) is 65.9 cm³/mol. The van der Waals surface area contributed by atoms with E-state index in [4.69, 9.17) is 0 Å². The zero-order chi connectivity index (χ0) is 9.10.